The molecular weight excluding hydrogens is 226 g/mol. The molecule has 0 saturated carbocycles. The van der Waals surface area contributed by atoms with Crippen LogP contribution in [0.2, 0.25) is 0 Å². The van der Waals surface area contributed by atoms with Crippen LogP contribution in [-0.4, -0.2) is 29.2 Å². The molecule has 2 N–H and O–H groups in total. The van der Waals surface area contributed by atoms with Crippen molar-refractivity contribution in [2.24, 2.45) is 5.41 Å². The molecule has 0 amide bonds. The molecular formula is C14H25N3O. The predicted octanol–water partition coefficient (Wildman–Crippen LogP) is 2.66. The fourth-order valence-electron chi connectivity index (χ4n) is 2.25. The van der Waals surface area contributed by atoms with E-state index in [0.29, 0.717) is 11.5 Å². The van der Waals surface area contributed by atoms with E-state index >= 15 is 0 Å². The lowest BCUT2D eigenvalue weighted by atomic mass is 9.92. The van der Waals surface area contributed by atoms with Crippen LogP contribution in [0.4, 0.5) is 0 Å². The van der Waals surface area contributed by atoms with Crippen molar-refractivity contribution in [2.45, 2.75) is 52.2 Å². The highest BCUT2D eigenvalue weighted by molar-refractivity contribution is 5.01. The van der Waals surface area contributed by atoms with Crippen LogP contribution in [-0.2, 0) is 4.74 Å². The van der Waals surface area contributed by atoms with E-state index in [1.54, 1.807) is 6.33 Å². The smallest absolute Gasteiger partial charge is 0.0989 e. The average Bonchev–Trinajstić information content (AvgIpc) is 2.82. The second kappa shape index (κ2) is 5.85. The number of nitrogens with zero attached hydrogens (tertiary/aromatic N) is 1. The molecule has 1 aliphatic heterocycles. The van der Waals surface area contributed by atoms with E-state index in [0.717, 1.165) is 25.3 Å². The minimum Gasteiger partial charge on any atom is -0.370 e. The van der Waals surface area contributed by atoms with E-state index in [4.69, 9.17) is 4.74 Å². The fourth-order valence-corrected chi connectivity index (χ4v) is 2.25. The van der Waals surface area contributed by atoms with E-state index < -0.39 is 0 Å². The number of H-pyrrole nitrogens is 1. The van der Waals surface area contributed by atoms with Crippen molar-refractivity contribution in [3.63, 3.8) is 0 Å². The van der Waals surface area contributed by atoms with Gasteiger partial charge < -0.3 is 15.0 Å². The Balaban J connectivity index is 1.68. The molecule has 1 saturated heterocycles. The van der Waals surface area contributed by atoms with Crippen molar-refractivity contribution in [1.82, 2.24) is 15.3 Å². The van der Waals surface area contributed by atoms with E-state index in [9.17, 15) is 0 Å². The monoisotopic (exact) mass is 251 g/mol. The highest BCUT2D eigenvalue weighted by atomic mass is 16.5. The summed E-state index contributed by atoms with van der Waals surface area (Å²) in [5.41, 5.74) is 1.50. The molecule has 2 rings (SSSR count). The van der Waals surface area contributed by atoms with E-state index in [1.807, 2.05) is 6.20 Å². The molecule has 0 aliphatic carbocycles. The molecule has 102 valence electrons. The molecule has 1 aromatic rings. The lowest BCUT2D eigenvalue weighted by molar-refractivity contribution is -0.00650. The van der Waals surface area contributed by atoms with Crippen molar-refractivity contribution in [2.75, 3.05) is 13.2 Å². The van der Waals surface area contributed by atoms with Gasteiger partial charge in [0.15, 0.2) is 0 Å². The molecule has 2 heterocycles. The third-order valence-corrected chi connectivity index (χ3v) is 3.45. The van der Waals surface area contributed by atoms with Crippen molar-refractivity contribution < 1.29 is 4.74 Å². The van der Waals surface area contributed by atoms with Gasteiger partial charge in [0.1, 0.15) is 0 Å². The number of aromatic amines is 1. The first-order chi connectivity index (χ1) is 8.54. The third kappa shape index (κ3) is 4.10. The van der Waals surface area contributed by atoms with Gasteiger partial charge in [-0.2, -0.15) is 0 Å². The van der Waals surface area contributed by atoms with Crippen molar-refractivity contribution in [3.05, 3.63) is 18.2 Å². The number of rotatable bonds is 4. The summed E-state index contributed by atoms with van der Waals surface area (Å²) in [4.78, 5) is 7.17. The quantitative estimate of drug-likeness (QED) is 0.865. The van der Waals surface area contributed by atoms with E-state index in [1.165, 1.54) is 12.8 Å². The van der Waals surface area contributed by atoms with Gasteiger partial charge in [0.05, 0.1) is 30.9 Å². The van der Waals surface area contributed by atoms with Crippen LogP contribution < -0.4 is 5.32 Å². The summed E-state index contributed by atoms with van der Waals surface area (Å²) in [6.45, 7) is 8.71. The molecule has 1 fully saturated rings. The SMILES string of the molecule is CC(C)(C)CCN[C@H]1CC[C@@H](c2cnc[nH]2)OC1. The maximum Gasteiger partial charge on any atom is 0.0989 e. The normalized spacial score (nSPS) is 25.3. The zero-order chi connectivity index (χ0) is 13.0. The largest absolute Gasteiger partial charge is 0.370 e. The maximum absolute atomic E-state index is 5.88. The first kappa shape index (κ1) is 13.6. The number of hydrogen-bond donors (Lipinski definition) is 2. The van der Waals surface area contributed by atoms with Crippen molar-refractivity contribution in [3.8, 4) is 0 Å². The Hall–Kier alpha value is -0.870. The Morgan fingerprint density at radius 1 is 1.44 bits per heavy atom. The van der Waals surface area contributed by atoms with Gasteiger partial charge >= 0.3 is 0 Å². The molecule has 0 radical (unpaired) electrons. The first-order valence-corrected chi connectivity index (χ1v) is 6.88. The van der Waals surface area contributed by atoms with Gasteiger partial charge in [0.25, 0.3) is 0 Å². The van der Waals surface area contributed by atoms with Gasteiger partial charge in [-0.3, -0.25) is 0 Å². The first-order valence-electron chi connectivity index (χ1n) is 6.88. The summed E-state index contributed by atoms with van der Waals surface area (Å²) in [6, 6.07) is 0.506. The Morgan fingerprint density at radius 2 is 2.28 bits per heavy atom. The van der Waals surface area contributed by atoms with E-state index in [-0.39, 0.29) is 6.10 Å². The van der Waals surface area contributed by atoms with Gasteiger partial charge in [0.2, 0.25) is 0 Å². The molecule has 2 atom stereocenters. The number of nitrogens with one attached hydrogen (secondary N) is 2. The summed E-state index contributed by atoms with van der Waals surface area (Å²) < 4.78 is 5.88. The molecule has 0 aromatic carbocycles. The van der Waals surface area contributed by atoms with Crippen molar-refractivity contribution >= 4 is 0 Å². The Labute approximate surface area is 110 Å². The Bertz CT molecular complexity index is 334. The number of hydrogen-bond acceptors (Lipinski definition) is 3. The van der Waals surface area contributed by atoms with Crippen LogP contribution in [0.1, 0.15) is 51.8 Å². The van der Waals surface area contributed by atoms with Gasteiger partial charge in [-0.25, -0.2) is 4.98 Å². The van der Waals surface area contributed by atoms with Crippen LogP contribution in [0.25, 0.3) is 0 Å². The molecule has 0 unspecified atom stereocenters. The minimum atomic E-state index is 0.202. The van der Waals surface area contributed by atoms with E-state index in [2.05, 4.69) is 36.1 Å². The molecule has 18 heavy (non-hydrogen) atoms. The molecule has 1 aromatic heterocycles. The summed E-state index contributed by atoms with van der Waals surface area (Å²) >= 11 is 0. The molecule has 0 bridgehead atoms. The highest BCUT2D eigenvalue weighted by Gasteiger charge is 2.23. The minimum absolute atomic E-state index is 0.202. The predicted molar refractivity (Wildman–Crippen MR) is 72.4 cm³/mol. The molecule has 4 nitrogen and oxygen atoms in total. The zero-order valence-electron chi connectivity index (χ0n) is 11.7. The lowest BCUT2D eigenvalue weighted by Crippen LogP contribution is -2.39. The fraction of sp³-hybridized carbons (Fsp3) is 0.786. The second-order valence-electron chi connectivity index (χ2n) is 6.37. The lowest BCUT2D eigenvalue weighted by Gasteiger charge is -2.30. The summed E-state index contributed by atoms with van der Waals surface area (Å²) in [5, 5.41) is 3.59. The van der Waals surface area contributed by atoms with Gasteiger partial charge in [-0.05, 0) is 31.2 Å². The Morgan fingerprint density at radius 3 is 2.83 bits per heavy atom. The van der Waals surface area contributed by atoms with Crippen LogP contribution in [0.15, 0.2) is 12.5 Å². The highest BCUT2D eigenvalue weighted by Crippen LogP contribution is 2.26. The number of ether oxygens (including phenoxy) is 1. The van der Waals surface area contributed by atoms with Gasteiger partial charge in [-0.15, -0.1) is 0 Å². The molecule has 4 heteroatoms. The van der Waals surface area contributed by atoms with Crippen LogP contribution in [0.3, 0.4) is 0 Å². The summed E-state index contributed by atoms with van der Waals surface area (Å²) in [5.74, 6) is 0. The van der Waals surface area contributed by atoms with Crippen LogP contribution in [0, 0.1) is 5.41 Å². The Kier molecular flexibility index (Phi) is 4.40. The van der Waals surface area contributed by atoms with Gasteiger partial charge in [-0.1, -0.05) is 20.8 Å². The summed E-state index contributed by atoms with van der Waals surface area (Å²) in [6.07, 6.45) is 7.22. The number of aromatic nitrogens is 2. The number of imidazole rings is 1. The van der Waals surface area contributed by atoms with Crippen molar-refractivity contribution in [1.29, 1.82) is 0 Å². The topological polar surface area (TPSA) is 49.9 Å². The van der Waals surface area contributed by atoms with Crippen LogP contribution in [0.5, 0.6) is 0 Å². The molecule has 0 spiro atoms. The average molecular weight is 251 g/mol. The standard InChI is InChI=1S/C14H25N3O/c1-14(2,3)6-7-16-11-4-5-13(18-9-11)12-8-15-10-17-12/h8,10-11,13,16H,4-7,9H2,1-3H3,(H,15,17)/t11-,13-/m0/s1. The zero-order valence-corrected chi connectivity index (χ0v) is 11.7. The van der Waals surface area contributed by atoms with Crippen LogP contribution >= 0.6 is 0 Å². The third-order valence-electron chi connectivity index (χ3n) is 3.45. The summed E-state index contributed by atoms with van der Waals surface area (Å²) in [7, 11) is 0. The second-order valence-corrected chi connectivity index (χ2v) is 6.37. The maximum atomic E-state index is 5.88. The molecule has 1 aliphatic rings. The van der Waals surface area contributed by atoms with Gasteiger partial charge in [0, 0.05) is 6.04 Å².